The van der Waals surface area contributed by atoms with Crippen molar-refractivity contribution in [3.05, 3.63) is 0 Å². The summed E-state index contributed by atoms with van der Waals surface area (Å²) in [5.41, 5.74) is 0. The van der Waals surface area contributed by atoms with Gasteiger partial charge in [0.25, 0.3) is 0 Å². The lowest BCUT2D eigenvalue weighted by Gasteiger charge is -2.02. The molecule has 0 aliphatic heterocycles. The lowest BCUT2D eigenvalue weighted by atomic mass is 11.0. The highest BCUT2D eigenvalue weighted by Crippen LogP contribution is 1.83. The molecule has 8 heteroatoms. The average Bonchev–Trinajstić information content (AvgIpc) is 2.17. The first kappa shape index (κ1) is 20.1. The van der Waals surface area contributed by atoms with Crippen LogP contribution in [0.5, 0.6) is 0 Å². The van der Waals surface area contributed by atoms with E-state index in [9.17, 15) is 13.2 Å². The van der Waals surface area contributed by atoms with Crippen LogP contribution < -0.4 is 0 Å². The Labute approximate surface area is 96.6 Å². The molecule has 0 saturated carbocycles. The van der Waals surface area contributed by atoms with E-state index in [-0.39, 0.29) is 0 Å². The monoisotopic (exact) mass is 254 g/mol. The first-order valence-electron chi connectivity index (χ1n) is 3.97. The number of rotatable bonds is 1. The average molecular weight is 254 g/mol. The molecule has 0 radical (unpaired) electrons. The molecule has 0 heterocycles. The molecule has 96 valence electrons. The molecule has 7 nitrogen and oxygen atoms in total. The zero-order chi connectivity index (χ0) is 13.8. The number of hydrogen-bond donors (Lipinski definition) is 0. The first-order chi connectivity index (χ1) is 7.17. The third-order valence-corrected chi connectivity index (χ3v) is 2.32. The van der Waals surface area contributed by atoms with Gasteiger partial charge in [-0.2, -0.15) is 5.26 Å². The van der Waals surface area contributed by atoms with Gasteiger partial charge in [-0.1, -0.05) is 0 Å². The SMILES string of the molecule is CC#N.CN(C)S(C)(=O)=O.COC(=O)OC. The largest absolute Gasteiger partial charge is 0.507 e. The van der Waals surface area contributed by atoms with Crippen molar-refractivity contribution in [2.75, 3.05) is 34.6 Å². The van der Waals surface area contributed by atoms with E-state index in [1.165, 1.54) is 35.2 Å². The fraction of sp³-hybridized carbons (Fsp3) is 0.750. The van der Waals surface area contributed by atoms with E-state index in [4.69, 9.17) is 5.26 Å². The minimum Gasteiger partial charge on any atom is -0.438 e. The van der Waals surface area contributed by atoms with Crippen LogP contribution in [0.4, 0.5) is 4.79 Å². The van der Waals surface area contributed by atoms with Crippen molar-refractivity contribution in [2.24, 2.45) is 0 Å². The zero-order valence-corrected chi connectivity index (χ0v) is 11.2. The number of nitriles is 1. The predicted molar refractivity (Wildman–Crippen MR) is 59.2 cm³/mol. The van der Waals surface area contributed by atoms with Gasteiger partial charge >= 0.3 is 6.16 Å². The van der Waals surface area contributed by atoms with Crippen LogP contribution in [0.15, 0.2) is 0 Å². The van der Waals surface area contributed by atoms with Crippen LogP contribution in [0.3, 0.4) is 0 Å². The molecule has 0 rings (SSSR count). The van der Waals surface area contributed by atoms with E-state index in [1.54, 1.807) is 6.07 Å². The van der Waals surface area contributed by atoms with E-state index < -0.39 is 16.2 Å². The summed E-state index contributed by atoms with van der Waals surface area (Å²) in [6, 6.07) is 1.75. The van der Waals surface area contributed by atoms with Crippen molar-refractivity contribution in [1.82, 2.24) is 4.31 Å². The molecule has 0 atom stereocenters. The van der Waals surface area contributed by atoms with Gasteiger partial charge in [-0.25, -0.2) is 17.5 Å². The summed E-state index contributed by atoms with van der Waals surface area (Å²) < 4.78 is 29.8. The van der Waals surface area contributed by atoms with E-state index in [2.05, 4.69) is 9.47 Å². The molecule has 0 aromatic rings. The number of carbonyl (C=O) groups is 1. The standard InChI is InChI=1S/C3H9NO2S.C3H6O3.C2H3N/c1-4(2)7(3,5)6;1-5-3(4)6-2;1-2-3/h1-3H3;1-2H3;1H3. The maximum absolute atomic E-state index is 10.3. The minimum atomic E-state index is -2.91. The highest BCUT2D eigenvalue weighted by atomic mass is 32.2. The topological polar surface area (TPSA) is 96.7 Å². The van der Waals surface area contributed by atoms with Crippen LogP contribution in [-0.4, -0.2) is 53.4 Å². The molecule has 0 aliphatic carbocycles. The zero-order valence-electron chi connectivity index (χ0n) is 10.3. The van der Waals surface area contributed by atoms with Gasteiger partial charge < -0.3 is 9.47 Å². The van der Waals surface area contributed by atoms with Crippen molar-refractivity contribution in [2.45, 2.75) is 6.92 Å². The van der Waals surface area contributed by atoms with Gasteiger partial charge in [-0.3, -0.25) is 0 Å². The number of carbonyl (C=O) groups excluding carboxylic acids is 1. The maximum atomic E-state index is 10.3. The van der Waals surface area contributed by atoms with Crippen LogP contribution in [0.25, 0.3) is 0 Å². The van der Waals surface area contributed by atoms with Gasteiger partial charge in [-0.05, 0) is 0 Å². The molecular weight excluding hydrogens is 236 g/mol. The third kappa shape index (κ3) is 23.0. The van der Waals surface area contributed by atoms with Crippen molar-refractivity contribution < 1.29 is 22.7 Å². The molecule has 16 heavy (non-hydrogen) atoms. The van der Waals surface area contributed by atoms with Gasteiger partial charge in [0.15, 0.2) is 0 Å². The molecule has 0 amide bonds. The highest BCUT2D eigenvalue weighted by molar-refractivity contribution is 7.88. The molecule has 0 fully saturated rings. The smallest absolute Gasteiger partial charge is 0.438 e. The minimum absolute atomic E-state index is 0.657. The Morgan fingerprint density at radius 2 is 1.44 bits per heavy atom. The van der Waals surface area contributed by atoms with E-state index >= 15 is 0 Å². The summed E-state index contributed by atoms with van der Waals surface area (Å²) >= 11 is 0. The second-order valence-electron chi connectivity index (χ2n) is 2.43. The number of nitrogens with zero attached hydrogens (tertiary/aromatic N) is 2. The number of methoxy groups -OCH3 is 2. The van der Waals surface area contributed by atoms with Crippen molar-refractivity contribution in [1.29, 1.82) is 5.26 Å². The number of ether oxygens (including phenoxy) is 2. The Balaban J connectivity index is -0.000000172. The quantitative estimate of drug-likeness (QED) is 0.630. The van der Waals surface area contributed by atoms with Crippen molar-refractivity contribution in [3.8, 4) is 6.07 Å². The lowest BCUT2D eigenvalue weighted by Crippen LogP contribution is -2.19. The summed E-state index contributed by atoms with van der Waals surface area (Å²) in [4.78, 5) is 9.74. The van der Waals surface area contributed by atoms with Gasteiger partial charge in [0.05, 0.1) is 26.5 Å². The molecule has 0 saturated heterocycles. The molecule has 0 bridgehead atoms. The molecule has 0 unspecified atom stereocenters. The van der Waals surface area contributed by atoms with Gasteiger partial charge in [0.1, 0.15) is 0 Å². The van der Waals surface area contributed by atoms with E-state index in [0.717, 1.165) is 10.6 Å². The van der Waals surface area contributed by atoms with Crippen LogP contribution in [-0.2, 0) is 19.5 Å². The fourth-order valence-electron chi connectivity index (χ4n) is 0.0833. The summed E-state index contributed by atoms with van der Waals surface area (Å²) in [5, 5.41) is 7.32. The second-order valence-corrected chi connectivity index (χ2v) is 4.62. The Morgan fingerprint density at radius 3 is 1.44 bits per heavy atom. The Morgan fingerprint density at radius 1 is 1.25 bits per heavy atom. The summed E-state index contributed by atoms with van der Waals surface area (Å²) in [6.07, 6.45) is 0.502. The van der Waals surface area contributed by atoms with Crippen LogP contribution >= 0.6 is 0 Å². The molecular formula is C8H18N2O5S. The van der Waals surface area contributed by atoms with Gasteiger partial charge in [0.2, 0.25) is 10.0 Å². The van der Waals surface area contributed by atoms with Gasteiger partial charge in [0, 0.05) is 21.0 Å². The van der Waals surface area contributed by atoms with Crippen LogP contribution in [0.2, 0.25) is 0 Å². The van der Waals surface area contributed by atoms with Crippen molar-refractivity contribution in [3.63, 3.8) is 0 Å². The number of hydrogen-bond acceptors (Lipinski definition) is 6. The molecule has 0 aliphatic rings. The van der Waals surface area contributed by atoms with E-state index in [0.29, 0.717) is 0 Å². The Kier molecular flexibility index (Phi) is 14.8. The molecule has 0 N–H and O–H groups in total. The summed E-state index contributed by atoms with van der Waals surface area (Å²) in [7, 11) is 2.59. The molecule has 0 aromatic heterocycles. The second kappa shape index (κ2) is 11.7. The first-order valence-corrected chi connectivity index (χ1v) is 5.82. The van der Waals surface area contributed by atoms with Crippen LogP contribution in [0, 0.1) is 11.3 Å². The molecule has 0 spiro atoms. The maximum Gasteiger partial charge on any atom is 0.507 e. The normalized spacial score (nSPS) is 8.62. The Hall–Kier alpha value is -1.33. The summed E-state index contributed by atoms with van der Waals surface area (Å²) in [6.45, 7) is 1.43. The molecule has 0 aromatic carbocycles. The highest BCUT2D eigenvalue weighted by Gasteiger charge is 2.00. The fourth-order valence-corrected chi connectivity index (χ4v) is 0.0833. The number of sulfonamides is 1. The third-order valence-electron chi connectivity index (χ3n) is 0.997. The summed E-state index contributed by atoms with van der Waals surface area (Å²) in [5.74, 6) is 0. The predicted octanol–water partition coefficient (Wildman–Crippen LogP) is 0.437. The van der Waals surface area contributed by atoms with Gasteiger partial charge in [-0.15, -0.1) is 0 Å². The lowest BCUT2D eigenvalue weighted by molar-refractivity contribution is 0.0924. The Bertz CT molecular complexity index is 299. The van der Waals surface area contributed by atoms with Crippen molar-refractivity contribution >= 4 is 16.2 Å². The van der Waals surface area contributed by atoms with Crippen LogP contribution in [0.1, 0.15) is 6.92 Å². The van der Waals surface area contributed by atoms with E-state index in [1.807, 2.05) is 0 Å².